The Kier molecular flexibility index (Phi) is 3.68. The predicted molar refractivity (Wildman–Crippen MR) is 83.5 cm³/mol. The Morgan fingerprint density at radius 1 is 1.24 bits per heavy atom. The minimum Gasteiger partial charge on any atom is -0.369 e. The van der Waals surface area contributed by atoms with Gasteiger partial charge in [-0.15, -0.1) is 0 Å². The Balaban J connectivity index is 1.96. The topological polar surface area (TPSA) is 58.4 Å². The lowest BCUT2D eigenvalue weighted by atomic mass is 10.3. The lowest BCUT2D eigenvalue weighted by molar-refractivity contribution is 0.862. The van der Waals surface area contributed by atoms with E-state index in [1.54, 1.807) is 12.4 Å². The highest BCUT2D eigenvalue weighted by Gasteiger charge is 2.12. The first-order chi connectivity index (χ1) is 10.3. The fourth-order valence-electron chi connectivity index (χ4n) is 2.25. The summed E-state index contributed by atoms with van der Waals surface area (Å²) in [6, 6.07) is 5.91. The largest absolute Gasteiger partial charge is 0.369 e. The molecule has 0 amide bonds. The number of nitrogens with zero attached hydrogens (tertiary/aromatic N) is 5. The molecule has 3 rings (SSSR count). The molecule has 108 valence electrons. The molecule has 0 aliphatic heterocycles. The van der Waals surface area contributed by atoms with Crippen molar-refractivity contribution in [2.24, 2.45) is 0 Å². The summed E-state index contributed by atoms with van der Waals surface area (Å²) in [4.78, 5) is 15.5. The zero-order chi connectivity index (χ0) is 14.7. The molecule has 0 aliphatic carbocycles. The molecular formula is C15H18N6. The van der Waals surface area contributed by atoms with Crippen molar-refractivity contribution in [3.63, 3.8) is 0 Å². The Labute approximate surface area is 123 Å². The molecule has 3 aromatic rings. The summed E-state index contributed by atoms with van der Waals surface area (Å²) in [6.45, 7) is 3.57. The van der Waals surface area contributed by atoms with Gasteiger partial charge in [-0.3, -0.25) is 4.98 Å². The molecule has 6 heteroatoms. The standard InChI is InChI=1S/C15H18N6/c1-3-16-13-11-21-9-8-18-14(21)15(19-13)20(2)10-12-6-4-5-7-17-12/h4-9,11,16H,3,10H2,1-2H3. The van der Waals surface area contributed by atoms with Crippen molar-refractivity contribution in [1.29, 1.82) is 0 Å². The highest BCUT2D eigenvalue weighted by molar-refractivity contribution is 5.66. The lowest BCUT2D eigenvalue weighted by Crippen LogP contribution is -2.20. The summed E-state index contributed by atoms with van der Waals surface area (Å²) < 4.78 is 1.98. The second-order valence-corrected chi connectivity index (χ2v) is 4.82. The predicted octanol–water partition coefficient (Wildman–Crippen LogP) is 2.19. The van der Waals surface area contributed by atoms with Crippen molar-refractivity contribution in [2.45, 2.75) is 13.5 Å². The summed E-state index contributed by atoms with van der Waals surface area (Å²) in [5, 5.41) is 3.25. The molecule has 0 bridgehead atoms. The van der Waals surface area contributed by atoms with Crippen LogP contribution in [0.1, 0.15) is 12.6 Å². The Hall–Kier alpha value is -2.63. The first-order valence-corrected chi connectivity index (χ1v) is 6.96. The molecule has 0 atom stereocenters. The van der Waals surface area contributed by atoms with Gasteiger partial charge in [0.05, 0.1) is 18.4 Å². The lowest BCUT2D eigenvalue weighted by Gasteiger charge is -2.19. The average Bonchev–Trinajstić information content (AvgIpc) is 2.96. The third-order valence-electron chi connectivity index (χ3n) is 3.20. The van der Waals surface area contributed by atoms with Crippen LogP contribution in [-0.2, 0) is 6.54 Å². The van der Waals surface area contributed by atoms with E-state index in [1.807, 2.05) is 42.0 Å². The van der Waals surface area contributed by atoms with Crippen molar-refractivity contribution in [2.75, 3.05) is 23.8 Å². The van der Waals surface area contributed by atoms with Crippen LogP contribution in [0.2, 0.25) is 0 Å². The molecule has 0 aliphatic rings. The first kappa shape index (κ1) is 13.4. The summed E-state index contributed by atoms with van der Waals surface area (Å²) in [6.07, 6.45) is 7.46. The van der Waals surface area contributed by atoms with Crippen LogP contribution in [0, 0.1) is 0 Å². The quantitative estimate of drug-likeness (QED) is 0.777. The molecule has 0 saturated carbocycles. The Morgan fingerprint density at radius 3 is 2.90 bits per heavy atom. The van der Waals surface area contributed by atoms with Crippen molar-refractivity contribution in [1.82, 2.24) is 19.4 Å². The van der Waals surface area contributed by atoms with Gasteiger partial charge < -0.3 is 14.6 Å². The molecule has 1 N–H and O–H groups in total. The minimum atomic E-state index is 0.686. The number of anilines is 2. The van der Waals surface area contributed by atoms with Gasteiger partial charge in [0.15, 0.2) is 11.5 Å². The van der Waals surface area contributed by atoms with E-state index in [1.165, 1.54) is 0 Å². The maximum absolute atomic E-state index is 4.66. The molecule has 3 aromatic heterocycles. The van der Waals surface area contributed by atoms with Crippen LogP contribution in [-0.4, -0.2) is 32.9 Å². The molecule has 0 spiro atoms. The van der Waals surface area contributed by atoms with Crippen LogP contribution in [0.5, 0.6) is 0 Å². The summed E-state index contributed by atoms with van der Waals surface area (Å²) in [7, 11) is 2.00. The minimum absolute atomic E-state index is 0.686. The number of pyridine rings is 1. The SMILES string of the molecule is CCNc1cn2ccnc2c(N(C)Cc2ccccn2)n1. The summed E-state index contributed by atoms with van der Waals surface area (Å²) >= 11 is 0. The second-order valence-electron chi connectivity index (χ2n) is 4.82. The zero-order valence-corrected chi connectivity index (χ0v) is 12.2. The number of fused-ring (bicyclic) bond motifs is 1. The van der Waals surface area contributed by atoms with E-state index in [0.29, 0.717) is 6.54 Å². The highest BCUT2D eigenvalue weighted by atomic mass is 15.2. The van der Waals surface area contributed by atoms with Gasteiger partial charge in [-0.1, -0.05) is 6.07 Å². The van der Waals surface area contributed by atoms with Gasteiger partial charge in [0, 0.05) is 32.2 Å². The molecule has 21 heavy (non-hydrogen) atoms. The van der Waals surface area contributed by atoms with E-state index in [9.17, 15) is 0 Å². The Bertz CT molecular complexity index is 721. The molecule has 6 nitrogen and oxygen atoms in total. The molecular weight excluding hydrogens is 264 g/mol. The smallest absolute Gasteiger partial charge is 0.180 e. The van der Waals surface area contributed by atoms with E-state index in [-0.39, 0.29) is 0 Å². The second kappa shape index (κ2) is 5.78. The number of hydrogen-bond acceptors (Lipinski definition) is 5. The van der Waals surface area contributed by atoms with Gasteiger partial charge in [-0.2, -0.15) is 0 Å². The average molecular weight is 282 g/mol. The number of hydrogen-bond donors (Lipinski definition) is 1. The van der Waals surface area contributed by atoms with Crippen molar-refractivity contribution in [3.05, 3.63) is 48.7 Å². The molecule has 0 fully saturated rings. The number of imidazole rings is 1. The molecule has 3 heterocycles. The first-order valence-electron chi connectivity index (χ1n) is 6.96. The maximum Gasteiger partial charge on any atom is 0.180 e. The molecule has 0 unspecified atom stereocenters. The Morgan fingerprint density at radius 2 is 2.14 bits per heavy atom. The van der Waals surface area contributed by atoms with Crippen molar-refractivity contribution >= 4 is 17.3 Å². The van der Waals surface area contributed by atoms with E-state index in [2.05, 4.69) is 32.1 Å². The third-order valence-corrected chi connectivity index (χ3v) is 3.20. The maximum atomic E-state index is 4.66. The van der Waals surface area contributed by atoms with Gasteiger partial charge in [0.2, 0.25) is 0 Å². The highest BCUT2D eigenvalue weighted by Crippen LogP contribution is 2.20. The van der Waals surface area contributed by atoms with Crippen LogP contribution in [0.3, 0.4) is 0 Å². The van der Waals surface area contributed by atoms with Crippen LogP contribution < -0.4 is 10.2 Å². The van der Waals surface area contributed by atoms with E-state index in [4.69, 9.17) is 0 Å². The van der Waals surface area contributed by atoms with Crippen LogP contribution >= 0.6 is 0 Å². The van der Waals surface area contributed by atoms with E-state index < -0.39 is 0 Å². The van der Waals surface area contributed by atoms with Gasteiger partial charge in [-0.05, 0) is 19.1 Å². The summed E-state index contributed by atoms with van der Waals surface area (Å²) in [5.41, 5.74) is 1.84. The van der Waals surface area contributed by atoms with Gasteiger partial charge in [-0.25, -0.2) is 9.97 Å². The molecule has 0 radical (unpaired) electrons. The van der Waals surface area contributed by atoms with Crippen LogP contribution in [0.4, 0.5) is 11.6 Å². The van der Waals surface area contributed by atoms with Crippen molar-refractivity contribution in [3.8, 4) is 0 Å². The van der Waals surface area contributed by atoms with Gasteiger partial charge in [0.25, 0.3) is 0 Å². The van der Waals surface area contributed by atoms with E-state index in [0.717, 1.165) is 29.5 Å². The molecule has 0 aromatic carbocycles. The number of aromatic nitrogens is 4. The fourth-order valence-corrected chi connectivity index (χ4v) is 2.25. The van der Waals surface area contributed by atoms with E-state index >= 15 is 0 Å². The number of nitrogens with one attached hydrogen (secondary N) is 1. The van der Waals surface area contributed by atoms with Crippen molar-refractivity contribution < 1.29 is 0 Å². The monoisotopic (exact) mass is 282 g/mol. The molecule has 0 saturated heterocycles. The number of rotatable bonds is 5. The van der Waals surface area contributed by atoms with Gasteiger partial charge >= 0.3 is 0 Å². The normalized spacial score (nSPS) is 10.8. The third kappa shape index (κ3) is 2.79. The summed E-state index contributed by atoms with van der Waals surface area (Å²) in [5.74, 6) is 1.68. The van der Waals surface area contributed by atoms with Gasteiger partial charge in [0.1, 0.15) is 5.82 Å². The van der Waals surface area contributed by atoms with Crippen LogP contribution in [0.25, 0.3) is 5.65 Å². The fraction of sp³-hybridized carbons (Fsp3) is 0.267. The zero-order valence-electron chi connectivity index (χ0n) is 12.2. The van der Waals surface area contributed by atoms with Crippen LogP contribution in [0.15, 0.2) is 43.0 Å².